The number of carbonyl (C=O) groups excluding carboxylic acids is 2. The number of rotatable bonds is 2. The van der Waals surface area contributed by atoms with E-state index < -0.39 is 17.3 Å². The third-order valence-electron chi connectivity index (χ3n) is 24.6. The number of aromatic hydroxyl groups is 1. The molecular weight excluding hydrogens is 985 g/mol. The molecule has 1 saturated heterocycles. The van der Waals surface area contributed by atoms with E-state index in [0.717, 1.165) is 80.4 Å². The van der Waals surface area contributed by atoms with Gasteiger partial charge in [0.05, 0.1) is 6.10 Å². The Balaban J connectivity index is 0.860. The van der Waals surface area contributed by atoms with Gasteiger partial charge >= 0.3 is 5.97 Å². The molecule has 410 valence electrons. The fourth-order valence-electron chi connectivity index (χ4n) is 21.2. The van der Waals surface area contributed by atoms with Crippen molar-refractivity contribution >= 4 is 39.4 Å². The van der Waals surface area contributed by atoms with Gasteiger partial charge in [-0.25, -0.2) is 0 Å². The van der Waals surface area contributed by atoms with Crippen molar-refractivity contribution in [2.75, 3.05) is 18.8 Å². The first-order valence-corrected chi connectivity index (χ1v) is 33.0. The van der Waals surface area contributed by atoms with Crippen molar-refractivity contribution in [3.8, 4) is 11.5 Å². The first kappa shape index (κ1) is 50.8. The number of carbonyl (C=O) groups is 2. The van der Waals surface area contributed by atoms with E-state index >= 15 is 0 Å². The lowest BCUT2D eigenvalue weighted by atomic mass is 9.44. The van der Waals surface area contributed by atoms with Crippen LogP contribution in [0.1, 0.15) is 208 Å². The van der Waals surface area contributed by atoms with Crippen LogP contribution in [0.3, 0.4) is 0 Å². The van der Waals surface area contributed by atoms with Crippen LogP contribution in [0.5, 0.6) is 11.5 Å². The number of aliphatic hydroxyl groups is 1. The zero-order valence-corrected chi connectivity index (χ0v) is 47.1. The van der Waals surface area contributed by atoms with Crippen LogP contribution in [0.2, 0.25) is 0 Å². The number of aliphatic imine (C=N–C) groups is 1. The molecule has 12 heteroatoms. The average molecular weight is 1070 g/mol. The number of nitrogens with two attached hydrogens (primary N) is 1. The molecule has 2 aromatic carbocycles. The smallest absolute Gasteiger partial charge is 0.303 e. The molecule has 14 atom stereocenters. The Kier molecular flexibility index (Phi) is 12.6. The van der Waals surface area contributed by atoms with Gasteiger partial charge in [0.25, 0.3) is 0 Å². The third kappa shape index (κ3) is 7.95. The zero-order valence-electron chi connectivity index (χ0n) is 45.5. The number of fused-ring (bicyclic) bond motifs is 1. The maximum absolute atomic E-state index is 14.9. The lowest BCUT2D eigenvalue weighted by Gasteiger charge is -2.62. The predicted molar refractivity (Wildman–Crippen MR) is 302 cm³/mol. The molecule has 8 saturated carbocycles. The summed E-state index contributed by atoms with van der Waals surface area (Å²) < 4.78 is 13.8. The van der Waals surface area contributed by atoms with E-state index in [9.17, 15) is 19.8 Å². The molecule has 0 unspecified atom stereocenters. The second-order valence-electron chi connectivity index (χ2n) is 27.7. The number of benzene rings is 2. The lowest BCUT2D eigenvalue weighted by Crippen LogP contribution is -2.57. The number of amides is 1. The molecule has 9 fully saturated rings. The Bertz CT molecular complexity index is 2670. The van der Waals surface area contributed by atoms with E-state index in [2.05, 4.69) is 75.5 Å². The quantitative estimate of drug-likeness (QED) is 0.130. The van der Waals surface area contributed by atoms with E-state index in [1.807, 2.05) is 4.90 Å². The van der Waals surface area contributed by atoms with Crippen LogP contribution in [0.15, 0.2) is 53.5 Å². The molecule has 5 N–H and O–H groups in total. The topological polar surface area (TPSA) is 147 Å². The molecule has 10 nitrogen and oxygen atoms in total. The van der Waals surface area contributed by atoms with E-state index in [-0.39, 0.29) is 69.0 Å². The van der Waals surface area contributed by atoms with E-state index in [0.29, 0.717) is 67.7 Å². The molecule has 15 aliphatic rings. The first-order valence-electron chi connectivity index (χ1n) is 30.6. The monoisotopic (exact) mass is 1070 g/mol. The number of ether oxygens (including phenoxy) is 2. The SMILES string of the molecule is CC(=O)O[C@@]12CCc3cc(c(O)c4c3[C@H]3C=C[C@@]5(CCC[C@H]5C3)O4)CN3C[C@]4(CC3=O)[C@@H](CC[C@H]4c3ccccc3)CN=C(N)N[C@]3(CCCC34CCCC4)SSC[C@@H]3CC[C@@]4(CC[C@H]5CCC[C@@]53C4)[C@@H](CC1)[C@H](O)C2. The fourth-order valence-corrected chi connectivity index (χ4v) is 25.2. The maximum Gasteiger partial charge on any atom is 0.303 e. The molecule has 9 aliphatic carbocycles. The van der Waals surface area contributed by atoms with Gasteiger partial charge in [0.15, 0.2) is 17.5 Å². The number of aliphatic hydroxyl groups excluding tert-OH is 1. The number of phenols is 1. The van der Waals surface area contributed by atoms with Gasteiger partial charge in [0.1, 0.15) is 16.1 Å². The highest BCUT2D eigenvalue weighted by molar-refractivity contribution is 8.77. The molecule has 76 heavy (non-hydrogen) atoms. The number of nitrogens with one attached hydrogen (secondary N) is 1. The lowest BCUT2D eigenvalue weighted by molar-refractivity contribution is -0.182. The van der Waals surface area contributed by atoms with Gasteiger partial charge in [-0.05, 0) is 205 Å². The van der Waals surface area contributed by atoms with Crippen molar-refractivity contribution in [2.45, 2.75) is 221 Å². The number of esters is 1. The fraction of sp³-hybridized carbons (Fsp3) is 0.734. The van der Waals surface area contributed by atoms with Crippen molar-refractivity contribution in [2.24, 2.45) is 62.0 Å². The standard InChI is InChI=1S/C64H86N4O6S2/c1-41(69)73-60-29-16-43-32-45(55(72)56-54(43)44-17-31-63(74-56)25-8-13-47(63)33-44)37-68-40-62(35-53(68)71)48(14-15-50(62)42-10-3-2-4-11-42)36-66-57(65)67-64(26-9-23-59(64)21-5-6-22-59)76-75-38-49-19-28-58(51(20-30-60)52(70)34-60)27-18-46-12-7-24-61(46,49)39-58/h2-4,10-11,17,31-32,44,46-52,70,72H,5-9,12-16,18-30,33-40H2,1H3,(H3,65,66,67)/t44-,46+,47-,48-,49-,50-,51-,52+,58+,60-,61+,62+,63+,64+/m0/s1. The predicted octanol–water partition coefficient (Wildman–Crippen LogP) is 12.8. The Morgan fingerprint density at radius 1 is 0.855 bits per heavy atom. The van der Waals surface area contributed by atoms with Crippen molar-refractivity contribution in [1.82, 2.24) is 10.2 Å². The number of guanidine groups is 1. The van der Waals surface area contributed by atoms with Gasteiger partial charge in [-0.1, -0.05) is 77.3 Å². The number of nitrogens with zero attached hydrogens (tertiary/aromatic N) is 2. The van der Waals surface area contributed by atoms with Crippen molar-refractivity contribution in [3.63, 3.8) is 0 Å². The minimum absolute atomic E-state index is 0.0940. The zero-order chi connectivity index (χ0) is 51.7. The summed E-state index contributed by atoms with van der Waals surface area (Å²) in [6.07, 6.45) is 32.6. The van der Waals surface area contributed by atoms with Crippen molar-refractivity contribution in [1.29, 1.82) is 0 Å². The summed E-state index contributed by atoms with van der Waals surface area (Å²) in [5.74, 6) is 4.77. The van der Waals surface area contributed by atoms with Crippen LogP contribution in [0.25, 0.3) is 0 Å². The Morgan fingerprint density at radius 2 is 1.66 bits per heavy atom. The van der Waals surface area contributed by atoms with Gasteiger partial charge in [-0.15, -0.1) is 0 Å². The van der Waals surface area contributed by atoms with Crippen LogP contribution in [-0.2, 0) is 27.3 Å². The largest absolute Gasteiger partial charge is 0.504 e. The Morgan fingerprint density at radius 3 is 2.49 bits per heavy atom. The number of hydrogen-bond acceptors (Lipinski definition) is 11. The van der Waals surface area contributed by atoms with Gasteiger partial charge in [0.2, 0.25) is 5.91 Å². The molecule has 1 amide bonds. The minimum Gasteiger partial charge on any atom is -0.504 e. The summed E-state index contributed by atoms with van der Waals surface area (Å²) in [5, 5.41) is 29.6. The van der Waals surface area contributed by atoms with Gasteiger partial charge in [-0.2, -0.15) is 0 Å². The van der Waals surface area contributed by atoms with Crippen molar-refractivity contribution < 1.29 is 29.3 Å². The minimum atomic E-state index is -0.801. The molecule has 6 heterocycles. The summed E-state index contributed by atoms with van der Waals surface area (Å²) in [6, 6.07) is 13.1. The highest BCUT2D eigenvalue weighted by Crippen LogP contribution is 2.71. The number of hydrogen-bond donors (Lipinski definition) is 4. The summed E-state index contributed by atoms with van der Waals surface area (Å²) in [7, 11) is 4.27. The van der Waals surface area contributed by atoms with Gasteiger partial charge in [-0.3, -0.25) is 14.6 Å². The summed E-state index contributed by atoms with van der Waals surface area (Å²) >= 11 is 0. The van der Waals surface area contributed by atoms with E-state index in [1.165, 1.54) is 101 Å². The van der Waals surface area contributed by atoms with Gasteiger partial charge in [0, 0.05) is 78.9 Å². The highest BCUT2D eigenvalue weighted by atomic mass is 33.1. The molecule has 11 bridgehead atoms. The molecular formula is C64H86N4O6S2. The number of aryl methyl sites for hydroxylation is 1. The van der Waals surface area contributed by atoms with Crippen LogP contribution >= 0.6 is 21.6 Å². The van der Waals surface area contributed by atoms with E-state index in [1.54, 1.807) is 6.92 Å². The molecule has 17 rings (SSSR count). The second-order valence-corrected chi connectivity index (χ2v) is 30.4. The second kappa shape index (κ2) is 18.9. The van der Waals surface area contributed by atoms with Crippen LogP contribution in [-0.4, -0.2) is 74.0 Å². The van der Waals surface area contributed by atoms with E-state index in [4.69, 9.17) is 20.2 Å². The summed E-state index contributed by atoms with van der Waals surface area (Å²) in [6.45, 7) is 2.99. The van der Waals surface area contributed by atoms with Crippen LogP contribution < -0.4 is 15.8 Å². The average Bonchev–Trinajstić information content (AvgIpc) is 4.39. The number of allylic oxidation sites excluding steroid dienone is 1. The summed E-state index contributed by atoms with van der Waals surface area (Å²) in [4.78, 5) is 35.5. The number of phenolic OH excluding ortho intramolecular Hbond substituents is 1. The van der Waals surface area contributed by atoms with Crippen LogP contribution in [0.4, 0.5) is 0 Å². The molecule has 0 aromatic heterocycles. The normalized spacial score (nSPS) is 43.3. The molecule has 6 spiro atoms. The maximum atomic E-state index is 14.9. The molecule has 6 aliphatic heterocycles. The van der Waals surface area contributed by atoms with Crippen LogP contribution in [0, 0.1) is 51.2 Å². The van der Waals surface area contributed by atoms with Gasteiger partial charge < -0.3 is 35.6 Å². The molecule has 2 aromatic rings. The molecule has 0 radical (unpaired) electrons. The first-order chi connectivity index (χ1) is 36.8. The Labute approximate surface area is 460 Å². The third-order valence-corrected chi connectivity index (χ3v) is 27.9. The Hall–Kier alpha value is -3.35. The summed E-state index contributed by atoms with van der Waals surface area (Å²) in [5.41, 5.74) is 10.5. The highest BCUT2D eigenvalue weighted by Gasteiger charge is 2.64. The van der Waals surface area contributed by atoms with Crippen molar-refractivity contribution in [3.05, 3.63) is 70.8 Å².